The van der Waals surface area contributed by atoms with Gasteiger partial charge in [-0.25, -0.2) is 13.9 Å². The molecule has 3 aromatic rings. The van der Waals surface area contributed by atoms with Crippen LogP contribution in [-0.4, -0.2) is 21.7 Å². The molecule has 3 amide bonds. The molecule has 3 rings (SSSR count). The maximum absolute atomic E-state index is 14.1. The predicted octanol–water partition coefficient (Wildman–Crippen LogP) is 2.10. The van der Waals surface area contributed by atoms with Crippen molar-refractivity contribution in [3.05, 3.63) is 87.6 Å². The van der Waals surface area contributed by atoms with E-state index in [2.05, 4.69) is 15.7 Å². The Hall–Kier alpha value is -4.01. The van der Waals surface area contributed by atoms with Gasteiger partial charge in [0.1, 0.15) is 11.5 Å². The molecule has 0 saturated heterocycles. The van der Waals surface area contributed by atoms with Crippen LogP contribution in [0, 0.1) is 12.7 Å². The van der Waals surface area contributed by atoms with Gasteiger partial charge < -0.3 is 16.4 Å². The summed E-state index contributed by atoms with van der Waals surface area (Å²) in [7, 11) is 0. The summed E-state index contributed by atoms with van der Waals surface area (Å²) in [5.74, 6) is -1.21. The van der Waals surface area contributed by atoms with Gasteiger partial charge in [-0.1, -0.05) is 24.3 Å². The first-order valence-electron chi connectivity index (χ1n) is 8.64. The van der Waals surface area contributed by atoms with Gasteiger partial charge in [0, 0.05) is 24.0 Å². The first-order chi connectivity index (χ1) is 13.8. The van der Waals surface area contributed by atoms with E-state index in [1.54, 1.807) is 37.3 Å². The summed E-state index contributed by atoms with van der Waals surface area (Å²) >= 11 is 0. The predicted molar refractivity (Wildman–Crippen MR) is 105 cm³/mol. The highest BCUT2D eigenvalue weighted by atomic mass is 19.1. The summed E-state index contributed by atoms with van der Waals surface area (Å²) in [4.78, 5) is 35.5. The summed E-state index contributed by atoms with van der Waals surface area (Å²) in [5.41, 5.74) is 5.92. The van der Waals surface area contributed by atoms with Crippen LogP contribution in [0.4, 0.5) is 14.9 Å². The molecule has 0 atom stereocenters. The number of carbonyl (C=O) groups is 2. The molecule has 0 aliphatic carbocycles. The molecule has 148 valence electrons. The number of aromatic nitrogens is 2. The third-order valence-electron chi connectivity index (χ3n) is 4.08. The highest BCUT2D eigenvalue weighted by Crippen LogP contribution is 2.13. The molecule has 1 heterocycles. The van der Waals surface area contributed by atoms with Crippen LogP contribution in [0.5, 0.6) is 0 Å². The number of aryl methyl sites for hydroxylation is 1. The van der Waals surface area contributed by atoms with Crippen molar-refractivity contribution in [2.24, 2.45) is 5.73 Å². The number of para-hydroxylation sites is 1. The Bertz CT molecular complexity index is 1130. The Morgan fingerprint density at radius 2 is 1.83 bits per heavy atom. The van der Waals surface area contributed by atoms with E-state index >= 15 is 0 Å². The zero-order valence-corrected chi connectivity index (χ0v) is 15.5. The van der Waals surface area contributed by atoms with Crippen LogP contribution in [0.2, 0.25) is 0 Å². The van der Waals surface area contributed by atoms with E-state index in [1.165, 1.54) is 28.9 Å². The van der Waals surface area contributed by atoms with E-state index in [1.807, 2.05) is 0 Å². The number of amides is 3. The minimum atomic E-state index is -0.681. The lowest BCUT2D eigenvalue weighted by Crippen LogP contribution is -2.31. The number of nitrogens with two attached hydrogens (primary N) is 1. The zero-order chi connectivity index (χ0) is 21.0. The quantitative estimate of drug-likeness (QED) is 0.613. The Morgan fingerprint density at radius 1 is 1.14 bits per heavy atom. The first kappa shape index (κ1) is 19.7. The fourth-order valence-corrected chi connectivity index (χ4v) is 2.69. The molecule has 0 aliphatic rings. The Morgan fingerprint density at radius 3 is 2.48 bits per heavy atom. The number of halogens is 1. The fraction of sp³-hybridized carbons (Fsp3) is 0.100. The molecule has 0 fully saturated rings. The van der Waals surface area contributed by atoms with Gasteiger partial charge in [0.2, 0.25) is 5.43 Å². The second-order valence-corrected chi connectivity index (χ2v) is 6.23. The average Bonchev–Trinajstić information content (AvgIpc) is 2.68. The normalized spacial score (nSPS) is 10.4. The highest BCUT2D eigenvalue weighted by Gasteiger charge is 2.16. The third kappa shape index (κ3) is 4.64. The number of nitrogens with zero attached hydrogens (tertiary/aromatic N) is 2. The van der Waals surface area contributed by atoms with Crippen LogP contribution in [0.1, 0.15) is 21.7 Å². The Kier molecular flexibility index (Phi) is 5.68. The van der Waals surface area contributed by atoms with E-state index in [4.69, 9.17) is 5.73 Å². The van der Waals surface area contributed by atoms with Gasteiger partial charge in [-0.2, -0.15) is 5.10 Å². The molecule has 2 aromatic carbocycles. The zero-order valence-electron chi connectivity index (χ0n) is 15.5. The van der Waals surface area contributed by atoms with Crippen LogP contribution in [0.25, 0.3) is 5.69 Å². The largest absolute Gasteiger partial charge is 0.351 e. The van der Waals surface area contributed by atoms with E-state index in [0.717, 1.165) is 5.56 Å². The van der Waals surface area contributed by atoms with Crippen molar-refractivity contribution in [2.45, 2.75) is 13.5 Å². The molecule has 29 heavy (non-hydrogen) atoms. The molecule has 0 spiro atoms. The van der Waals surface area contributed by atoms with Gasteiger partial charge in [-0.15, -0.1) is 0 Å². The van der Waals surface area contributed by atoms with Crippen molar-refractivity contribution in [2.75, 3.05) is 5.32 Å². The van der Waals surface area contributed by atoms with Gasteiger partial charge in [0.05, 0.1) is 0 Å². The second-order valence-electron chi connectivity index (χ2n) is 6.23. The van der Waals surface area contributed by atoms with Gasteiger partial charge >= 0.3 is 6.03 Å². The molecule has 4 N–H and O–H groups in total. The molecular weight excluding hydrogens is 377 g/mol. The maximum atomic E-state index is 14.1. The van der Waals surface area contributed by atoms with E-state index in [9.17, 15) is 18.8 Å². The molecule has 0 saturated carbocycles. The van der Waals surface area contributed by atoms with Crippen molar-refractivity contribution in [3.8, 4) is 5.69 Å². The second kappa shape index (κ2) is 8.34. The number of anilines is 1. The molecule has 9 heteroatoms. The summed E-state index contributed by atoms with van der Waals surface area (Å²) in [6, 6.07) is 13.1. The van der Waals surface area contributed by atoms with Gasteiger partial charge in [-0.3, -0.25) is 9.59 Å². The van der Waals surface area contributed by atoms with E-state index in [0.29, 0.717) is 11.4 Å². The molecule has 0 unspecified atom stereocenters. The maximum Gasteiger partial charge on any atom is 0.316 e. The summed E-state index contributed by atoms with van der Waals surface area (Å²) < 4.78 is 15.3. The highest BCUT2D eigenvalue weighted by molar-refractivity contribution is 5.92. The van der Waals surface area contributed by atoms with Crippen LogP contribution < -0.4 is 21.8 Å². The van der Waals surface area contributed by atoms with Crippen LogP contribution in [0.15, 0.2) is 59.4 Å². The lowest BCUT2D eigenvalue weighted by molar-refractivity contribution is 0.0943. The van der Waals surface area contributed by atoms with Crippen LogP contribution in [0.3, 0.4) is 0 Å². The standard InChI is InChI=1S/C20H18FN5O3/c1-12-10-17(27)18(25-26(12)16-5-3-2-4-15(16)21)19(28)23-11-13-6-8-14(9-7-13)24-20(22)29/h2-10H,11H2,1H3,(H,23,28)(H3,22,24,29). The number of hydrogen-bond acceptors (Lipinski definition) is 4. The Labute approximate surface area is 165 Å². The SMILES string of the molecule is Cc1cc(=O)c(C(=O)NCc2ccc(NC(N)=O)cc2)nn1-c1ccccc1F. The van der Waals surface area contributed by atoms with Crippen molar-refractivity contribution in [3.63, 3.8) is 0 Å². The fourth-order valence-electron chi connectivity index (χ4n) is 2.69. The topological polar surface area (TPSA) is 119 Å². The summed E-state index contributed by atoms with van der Waals surface area (Å²) in [6.07, 6.45) is 0. The van der Waals surface area contributed by atoms with Crippen molar-refractivity contribution >= 4 is 17.6 Å². The van der Waals surface area contributed by atoms with Crippen LogP contribution in [-0.2, 0) is 6.54 Å². The third-order valence-corrected chi connectivity index (χ3v) is 4.08. The molecule has 1 aromatic heterocycles. The van der Waals surface area contributed by atoms with E-state index < -0.39 is 23.2 Å². The summed E-state index contributed by atoms with van der Waals surface area (Å²) in [6.45, 7) is 1.73. The monoisotopic (exact) mass is 395 g/mol. The number of nitrogens with one attached hydrogen (secondary N) is 2. The first-order valence-corrected chi connectivity index (χ1v) is 8.64. The Balaban J connectivity index is 1.79. The van der Waals surface area contributed by atoms with E-state index in [-0.39, 0.29) is 17.9 Å². The number of carbonyl (C=O) groups excluding carboxylic acids is 2. The lowest BCUT2D eigenvalue weighted by atomic mass is 10.2. The van der Waals surface area contributed by atoms with Gasteiger partial charge in [0.25, 0.3) is 5.91 Å². The van der Waals surface area contributed by atoms with Crippen molar-refractivity contribution in [1.29, 1.82) is 0 Å². The average molecular weight is 395 g/mol. The number of urea groups is 1. The minimum absolute atomic E-state index is 0.129. The molecule has 8 nitrogen and oxygen atoms in total. The molecular formula is C20H18FN5O3. The smallest absolute Gasteiger partial charge is 0.316 e. The van der Waals surface area contributed by atoms with Gasteiger partial charge in [0.15, 0.2) is 5.69 Å². The summed E-state index contributed by atoms with van der Waals surface area (Å²) in [5, 5.41) is 9.09. The van der Waals surface area contributed by atoms with Crippen molar-refractivity contribution < 1.29 is 14.0 Å². The van der Waals surface area contributed by atoms with Crippen LogP contribution >= 0.6 is 0 Å². The number of rotatable bonds is 5. The van der Waals surface area contributed by atoms with Gasteiger partial charge in [-0.05, 0) is 36.8 Å². The molecule has 0 aliphatic heterocycles. The molecule has 0 bridgehead atoms. The number of benzene rings is 2. The number of primary amides is 1. The lowest BCUT2D eigenvalue weighted by Gasteiger charge is -2.12. The minimum Gasteiger partial charge on any atom is -0.351 e. The molecule has 0 radical (unpaired) electrons. The number of hydrogen-bond donors (Lipinski definition) is 3. The van der Waals surface area contributed by atoms with Crippen molar-refractivity contribution in [1.82, 2.24) is 15.1 Å².